The van der Waals surface area contributed by atoms with Crippen molar-refractivity contribution in [3.8, 4) is 0 Å². The van der Waals surface area contributed by atoms with E-state index in [0.717, 1.165) is 5.56 Å². The van der Waals surface area contributed by atoms with Crippen molar-refractivity contribution >= 4 is 21.6 Å². The molecule has 1 amide bonds. The van der Waals surface area contributed by atoms with Gasteiger partial charge in [0.15, 0.2) is 0 Å². The number of sulfonamides is 1. The highest BCUT2D eigenvalue weighted by molar-refractivity contribution is 7.89. The van der Waals surface area contributed by atoms with Crippen molar-refractivity contribution in [2.45, 2.75) is 24.0 Å². The van der Waals surface area contributed by atoms with Crippen molar-refractivity contribution in [2.24, 2.45) is 5.14 Å². The highest BCUT2D eigenvalue weighted by Crippen LogP contribution is 2.30. The van der Waals surface area contributed by atoms with Gasteiger partial charge in [-0.1, -0.05) is 30.3 Å². The van der Waals surface area contributed by atoms with Gasteiger partial charge >= 0.3 is 0 Å². The normalized spacial score (nSPS) is 22.4. The fraction of sp³-hybridized carbons (Fsp3) is 0.409. The summed E-state index contributed by atoms with van der Waals surface area (Å²) >= 11 is 0. The predicted octanol–water partition coefficient (Wildman–Crippen LogP) is 1.77. The summed E-state index contributed by atoms with van der Waals surface area (Å²) in [7, 11) is -3.94. The molecule has 4 rings (SSSR count). The molecule has 0 aliphatic carbocycles. The van der Waals surface area contributed by atoms with Gasteiger partial charge < -0.3 is 19.3 Å². The van der Waals surface area contributed by atoms with Gasteiger partial charge in [0.05, 0.1) is 36.3 Å². The Bertz CT molecular complexity index is 1040. The number of anilines is 1. The predicted molar refractivity (Wildman–Crippen MR) is 116 cm³/mol. The second-order valence-electron chi connectivity index (χ2n) is 7.88. The molecule has 0 bridgehead atoms. The Hall–Kier alpha value is -2.46. The lowest BCUT2D eigenvalue weighted by Crippen LogP contribution is -2.46. The third-order valence-corrected chi connectivity index (χ3v) is 6.51. The summed E-state index contributed by atoms with van der Waals surface area (Å²) in [5, 5.41) is 5.35. The van der Waals surface area contributed by atoms with E-state index >= 15 is 0 Å². The van der Waals surface area contributed by atoms with Crippen LogP contribution in [0.5, 0.6) is 0 Å². The molecule has 166 valence electrons. The summed E-state index contributed by atoms with van der Waals surface area (Å²) in [4.78, 5) is 17.3. The number of morpholine rings is 2. The van der Waals surface area contributed by atoms with E-state index in [9.17, 15) is 13.2 Å². The average Bonchev–Trinajstić information content (AvgIpc) is 2.78. The zero-order valence-corrected chi connectivity index (χ0v) is 18.3. The number of carbonyl (C=O) groups is 1. The molecule has 2 saturated heterocycles. The van der Waals surface area contributed by atoms with E-state index < -0.39 is 10.0 Å². The first-order valence-corrected chi connectivity index (χ1v) is 11.9. The molecule has 2 atom stereocenters. The first kappa shape index (κ1) is 21.8. The van der Waals surface area contributed by atoms with Gasteiger partial charge in [0.25, 0.3) is 5.91 Å². The lowest BCUT2D eigenvalue weighted by molar-refractivity contribution is -0.0691. The summed E-state index contributed by atoms with van der Waals surface area (Å²) in [6.07, 6.45) is -0.404. The fourth-order valence-corrected chi connectivity index (χ4v) is 4.62. The SMILES string of the molecule is CC1CN(C(=O)c2cc(S(N)(=O)=O)ccc2N2CCOCC2)CC(c2ccccc2)O1. The molecule has 2 aromatic carbocycles. The Morgan fingerprint density at radius 3 is 2.45 bits per heavy atom. The molecule has 0 saturated carbocycles. The van der Waals surface area contributed by atoms with E-state index in [1.807, 2.05) is 42.2 Å². The average molecular weight is 446 g/mol. The quantitative estimate of drug-likeness (QED) is 0.770. The number of rotatable bonds is 4. The maximum absolute atomic E-state index is 13.6. The van der Waals surface area contributed by atoms with Gasteiger partial charge in [0, 0.05) is 25.3 Å². The number of amides is 1. The number of benzene rings is 2. The highest BCUT2D eigenvalue weighted by Gasteiger charge is 2.32. The summed E-state index contributed by atoms with van der Waals surface area (Å²) in [5.74, 6) is -0.233. The van der Waals surface area contributed by atoms with Crippen LogP contribution in [0.1, 0.15) is 28.9 Å². The van der Waals surface area contributed by atoms with Crippen LogP contribution in [-0.2, 0) is 19.5 Å². The molecule has 2 aromatic rings. The van der Waals surface area contributed by atoms with E-state index in [1.165, 1.54) is 12.1 Å². The first-order chi connectivity index (χ1) is 14.8. The van der Waals surface area contributed by atoms with E-state index in [0.29, 0.717) is 50.6 Å². The van der Waals surface area contributed by atoms with Crippen molar-refractivity contribution in [3.05, 3.63) is 59.7 Å². The van der Waals surface area contributed by atoms with Gasteiger partial charge in [0.2, 0.25) is 10.0 Å². The zero-order chi connectivity index (χ0) is 22.0. The van der Waals surface area contributed by atoms with Crippen molar-refractivity contribution in [1.29, 1.82) is 0 Å². The van der Waals surface area contributed by atoms with Gasteiger partial charge in [0.1, 0.15) is 6.10 Å². The molecule has 0 spiro atoms. The van der Waals surface area contributed by atoms with Gasteiger partial charge in [-0.2, -0.15) is 0 Å². The van der Waals surface area contributed by atoms with Gasteiger partial charge in [-0.15, -0.1) is 0 Å². The molecular weight excluding hydrogens is 418 g/mol. The van der Waals surface area contributed by atoms with Crippen LogP contribution in [0.25, 0.3) is 0 Å². The molecule has 2 aliphatic heterocycles. The van der Waals surface area contributed by atoms with Gasteiger partial charge in [-0.25, -0.2) is 13.6 Å². The van der Waals surface area contributed by atoms with E-state index in [2.05, 4.69) is 0 Å². The number of hydrogen-bond acceptors (Lipinski definition) is 6. The first-order valence-electron chi connectivity index (χ1n) is 10.3. The molecule has 31 heavy (non-hydrogen) atoms. The zero-order valence-electron chi connectivity index (χ0n) is 17.4. The van der Waals surface area contributed by atoms with Crippen molar-refractivity contribution in [3.63, 3.8) is 0 Å². The van der Waals surface area contributed by atoms with Crippen LogP contribution in [0.4, 0.5) is 5.69 Å². The summed E-state index contributed by atoms with van der Waals surface area (Å²) in [5.41, 5.74) is 2.02. The molecule has 2 unspecified atom stereocenters. The van der Waals surface area contributed by atoms with Gasteiger partial charge in [-0.05, 0) is 30.7 Å². The monoisotopic (exact) mass is 445 g/mol. The van der Waals surface area contributed by atoms with Crippen LogP contribution in [0.15, 0.2) is 53.4 Å². The molecule has 2 N–H and O–H groups in total. The third kappa shape index (κ3) is 4.90. The Labute approximate surface area is 182 Å². The Balaban J connectivity index is 1.68. The smallest absolute Gasteiger partial charge is 0.256 e. The van der Waals surface area contributed by atoms with Crippen LogP contribution in [0.2, 0.25) is 0 Å². The number of ether oxygens (including phenoxy) is 2. The molecule has 8 nitrogen and oxygen atoms in total. The topological polar surface area (TPSA) is 102 Å². The number of carbonyl (C=O) groups excluding carboxylic acids is 1. The molecule has 2 fully saturated rings. The largest absolute Gasteiger partial charge is 0.378 e. The van der Waals surface area contributed by atoms with Crippen LogP contribution < -0.4 is 10.0 Å². The second kappa shape index (κ2) is 8.96. The summed E-state index contributed by atoms with van der Waals surface area (Å²) in [6, 6.07) is 14.3. The maximum atomic E-state index is 13.6. The Morgan fingerprint density at radius 1 is 1.06 bits per heavy atom. The molecule has 9 heteroatoms. The lowest BCUT2D eigenvalue weighted by atomic mass is 10.0. The fourth-order valence-electron chi connectivity index (χ4n) is 4.08. The minimum atomic E-state index is -3.94. The van der Waals surface area contributed by atoms with Crippen LogP contribution in [-0.4, -0.2) is 64.7 Å². The van der Waals surface area contributed by atoms with Crippen LogP contribution in [0, 0.1) is 0 Å². The van der Waals surface area contributed by atoms with Crippen molar-refractivity contribution < 1.29 is 22.7 Å². The number of hydrogen-bond donors (Lipinski definition) is 1. The van der Waals surface area contributed by atoms with E-state index in [-0.39, 0.29) is 23.0 Å². The van der Waals surface area contributed by atoms with Crippen LogP contribution in [0.3, 0.4) is 0 Å². The highest BCUT2D eigenvalue weighted by atomic mass is 32.2. The summed E-state index contributed by atoms with van der Waals surface area (Å²) < 4.78 is 35.4. The minimum Gasteiger partial charge on any atom is -0.378 e. The molecule has 0 aromatic heterocycles. The van der Waals surface area contributed by atoms with Gasteiger partial charge in [-0.3, -0.25) is 4.79 Å². The molecule has 2 aliphatic rings. The number of primary sulfonamides is 1. The maximum Gasteiger partial charge on any atom is 0.256 e. The van der Waals surface area contributed by atoms with E-state index in [4.69, 9.17) is 14.6 Å². The van der Waals surface area contributed by atoms with Crippen molar-refractivity contribution in [2.75, 3.05) is 44.3 Å². The number of nitrogens with two attached hydrogens (primary N) is 1. The Kier molecular flexibility index (Phi) is 6.29. The summed E-state index contributed by atoms with van der Waals surface area (Å²) in [6.45, 7) is 5.09. The minimum absolute atomic E-state index is 0.0752. The van der Waals surface area contributed by atoms with Crippen LogP contribution >= 0.6 is 0 Å². The lowest BCUT2D eigenvalue weighted by Gasteiger charge is -2.38. The standard InChI is InChI=1S/C22H27N3O5S/c1-16-14-25(15-21(30-16)17-5-3-2-4-6-17)22(26)19-13-18(31(23,27)28)7-8-20(19)24-9-11-29-12-10-24/h2-8,13,16,21H,9-12,14-15H2,1H3,(H2,23,27,28). The Morgan fingerprint density at radius 2 is 1.77 bits per heavy atom. The number of nitrogens with zero attached hydrogens (tertiary/aromatic N) is 2. The van der Waals surface area contributed by atoms with Crippen molar-refractivity contribution in [1.82, 2.24) is 4.90 Å². The molecular formula is C22H27N3O5S. The third-order valence-electron chi connectivity index (χ3n) is 5.60. The van der Waals surface area contributed by atoms with E-state index in [1.54, 1.807) is 11.0 Å². The molecule has 2 heterocycles. The molecule has 0 radical (unpaired) electrons. The second-order valence-corrected chi connectivity index (χ2v) is 9.44.